The van der Waals surface area contributed by atoms with Gasteiger partial charge < -0.3 is 19.3 Å². The van der Waals surface area contributed by atoms with Gasteiger partial charge in [-0.25, -0.2) is 8.42 Å². The zero-order valence-electron chi connectivity index (χ0n) is 18.4. The monoisotopic (exact) mass is 481 g/mol. The van der Waals surface area contributed by atoms with Gasteiger partial charge in [-0.15, -0.1) is 0 Å². The van der Waals surface area contributed by atoms with E-state index in [-0.39, 0.29) is 16.7 Å². The number of sulfonamides is 1. The SMILES string of the molecule is Cc1noc(C=Cc2ccc(S(=O)(=O)Nc3ccc4c(c3)OCCO4)cc2)c1NC(=O)C1CC1. The standard InChI is InChI=1S/C24H23N3O6S/c1-15-23(25-24(28)17-5-6-17)21(33-26-15)10-4-16-2-8-19(9-3-16)34(29,30)27-18-7-11-20-22(14-18)32-13-12-31-20/h2-4,7-11,14,17,27H,5-6,12-13H2,1H3,(H,25,28). The predicted molar refractivity (Wildman–Crippen MR) is 126 cm³/mol. The molecule has 1 aliphatic carbocycles. The van der Waals surface area contributed by atoms with Gasteiger partial charge >= 0.3 is 0 Å². The van der Waals surface area contributed by atoms with E-state index >= 15 is 0 Å². The van der Waals surface area contributed by atoms with Crippen LogP contribution in [0.1, 0.15) is 29.9 Å². The van der Waals surface area contributed by atoms with Gasteiger partial charge in [0.15, 0.2) is 17.3 Å². The fourth-order valence-corrected chi connectivity index (χ4v) is 4.52. The van der Waals surface area contributed by atoms with Crippen LogP contribution in [0, 0.1) is 12.8 Å². The average molecular weight is 482 g/mol. The zero-order valence-corrected chi connectivity index (χ0v) is 19.2. The summed E-state index contributed by atoms with van der Waals surface area (Å²) in [5.41, 5.74) is 2.29. The number of rotatable bonds is 7. The minimum Gasteiger partial charge on any atom is -0.486 e. The molecule has 10 heteroatoms. The van der Waals surface area contributed by atoms with Crippen molar-refractivity contribution in [2.45, 2.75) is 24.7 Å². The number of nitrogens with one attached hydrogen (secondary N) is 2. The van der Waals surface area contributed by atoms with E-state index in [9.17, 15) is 13.2 Å². The molecule has 0 bridgehead atoms. The number of benzene rings is 2. The second kappa shape index (κ2) is 8.86. The summed E-state index contributed by atoms with van der Waals surface area (Å²) in [6.45, 7) is 2.64. The molecule has 1 fully saturated rings. The van der Waals surface area contributed by atoms with Crippen molar-refractivity contribution < 1.29 is 27.2 Å². The Labute approximate surface area is 196 Å². The normalized spacial score (nSPS) is 15.3. The van der Waals surface area contributed by atoms with Crippen LogP contribution in [0.2, 0.25) is 0 Å². The first-order valence-electron chi connectivity index (χ1n) is 10.9. The van der Waals surface area contributed by atoms with Crippen LogP contribution in [-0.2, 0) is 14.8 Å². The van der Waals surface area contributed by atoms with E-state index < -0.39 is 10.0 Å². The van der Waals surface area contributed by atoms with Gasteiger partial charge in [-0.1, -0.05) is 23.4 Å². The van der Waals surface area contributed by atoms with E-state index in [0.29, 0.717) is 47.5 Å². The molecule has 1 saturated carbocycles. The third-order valence-electron chi connectivity index (χ3n) is 5.50. The van der Waals surface area contributed by atoms with E-state index in [1.165, 1.54) is 12.1 Å². The topological polar surface area (TPSA) is 120 Å². The second-order valence-electron chi connectivity index (χ2n) is 8.14. The first kappa shape index (κ1) is 22.0. The minimum atomic E-state index is -3.79. The van der Waals surface area contributed by atoms with Crippen LogP contribution in [0.5, 0.6) is 11.5 Å². The number of carbonyl (C=O) groups excluding carboxylic acids is 1. The van der Waals surface area contributed by atoms with Crippen LogP contribution in [-0.4, -0.2) is 32.7 Å². The first-order valence-corrected chi connectivity index (χ1v) is 12.4. The maximum atomic E-state index is 12.8. The Morgan fingerprint density at radius 1 is 1.03 bits per heavy atom. The molecule has 0 spiro atoms. The quantitative estimate of drug-likeness (QED) is 0.522. The van der Waals surface area contributed by atoms with Crippen molar-refractivity contribution in [1.29, 1.82) is 0 Å². The molecule has 2 aromatic carbocycles. The number of fused-ring (bicyclic) bond motifs is 1. The maximum Gasteiger partial charge on any atom is 0.261 e. The van der Waals surface area contributed by atoms with Crippen molar-refractivity contribution >= 4 is 39.5 Å². The predicted octanol–water partition coefficient (Wildman–Crippen LogP) is 4.07. The number of aryl methyl sites for hydroxylation is 1. The summed E-state index contributed by atoms with van der Waals surface area (Å²) in [5, 5.41) is 6.81. The van der Waals surface area contributed by atoms with Gasteiger partial charge in [0.05, 0.1) is 10.6 Å². The molecular formula is C24H23N3O6S. The Morgan fingerprint density at radius 3 is 2.50 bits per heavy atom. The lowest BCUT2D eigenvalue weighted by Crippen LogP contribution is -2.16. The highest BCUT2D eigenvalue weighted by Crippen LogP contribution is 2.34. The van der Waals surface area contributed by atoms with Crippen LogP contribution in [0.15, 0.2) is 51.9 Å². The Balaban J connectivity index is 1.28. The highest BCUT2D eigenvalue weighted by atomic mass is 32.2. The van der Waals surface area contributed by atoms with Gasteiger partial charge in [0.25, 0.3) is 10.0 Å². The third kappa shape index (κ3) is 4.76. The van der Waals surface area contributed by atoms with E-state index in [1.54, 1.807) is 49.4 Å². The summed E-state index contributed by atoms with van der Waals surface area (Å²) in [5.74, 6) is 1.56. The summed E-state index contributed by atoms with van der Waals surface area (Å²) in [7, 11) is -3.79. The largest absolute Gasteiger partial charge is 0.486 e. The smallest absolute Gasteiger partial charge is 0.261 e. The van der Waals surface area contributed by atoms with E-state index in [4.69, 9.17) is 14.0 Å². The Morgan fingerprint density at radius 2 is 1.76 bits per heavy atom. The van der Waals surface area contributed by atoms with Crippen LogP contribution >= 0.6 is 0 Å². The van der Waals surface area contributed by atoms with Crippen LogP contribution in [0.4, 0.5) is 11.4 Å². The molecule has 1 aromatic heterocycles. The molecule has 2 N–H and O–H groups in total. The molecular weight excluding hydrogens is 458 g/mol. The van der Waals surface area contributed by atoms with Gasteiger partial charge in [-0.2, -0.15) is 0 Å². The molecule has 1 aliphatic heterocycles. The summed E-state index contributed by atoms with van der Waals surface area (Å²) in [6, 6.07) is 11.3. The van der Waals surface area contributed by atoms with Crippen LogP contribution in [0.25, 0.3) is 12.2 Å². The summed E-state index contributed by atoms with van der Waals surface area (Å²) in [4.78, 5) is 12.2. The Hall–Kier alpha value is -3.79. The fraction of sp³-hybridized carbons (Fsp3) is 0.250. The van der Waals surface area contributed by atoms with Gasteiger partial charge in [0.1, 0.15) is 24.6 Å². The minimum absolute atomic E-state index is 0.0268. The molecule has 0 atom stereocenters. The Bertz CT molecular complexity index is 1360. The molecule has 176 valence electrons. The van der Waals surface area contributed by atoms with Gasteiger partial charge in [0, 0.05) is 12.0 Å². The lowest BCUT2D eigenvalue weighted by Gasteiger charge is -2.19. The molecule has 1 amide bonds. The van der Waals surface area contributed by atoms with Crippen molar-refractivity contribution in [3.63, 3.8) is 0 Å². The van der Waals surface area contributed by atoms with E-state index in [2.05, 4.69) is 15.2 Å². The summed E-state index contributed by atoms with van der Waals surface area (Å²) in [6.07, 6.45) is 5.26. The van der Waals surface area contributed by atoms with Crippen molar-refractivity contribution in [3.8, 4) is 11.5 Å². The van der Waals surface area contributed by atoms with Gasteiger partial charge in [-0.05, 0) is 55.7 Å². The van der Waals surface area contributed by atoms with Crippen LogP contribution in [0.3, 0.4) is 0 Å². The highest BCUT2D eigenvalue weighted by Gasteiger charge is 2.30. The number of amides is 1. The van der Waals surface area contributed by atoms with Crippen molar-refractivity contribution in [3.05, 3.63) is 59.5 Å². The van der Waals surface area contributed by atoms with Gasteiger partial charge in [-0.3, -0.25) is 9.52 Å². The van der Waals surface area contributed by atoms with Crippen LogP contribution < -0.4 is 19.5 Å². The molecule has 0 saturated heterocycles. The Kier molecular flexibility index (Phi) is 5.74. The molecule has 34 heavy (non-hydrogen) atoms. The molecule has 3 aromatic rings. The molecule has 2 heterocycles. The number of hydrogen-bond acceptors (Lipinski definition) is 7. The molecule has 5 rings (SSSR count). The number of aromatic nitrogens is 1. The van der Waals surface area contributed by atoms with Gasteiger partial charge in [0.2, 0.25) is 5.91 Å². The van der Waals surface area contributed by atoms with Crippen molar-refractivity contribution in [2.75, 3.05) is 23.3 Å². The molecule has 9 nitrogen and oxygen atoms in total. The molecule has 0 unspecified atom stereocenters. The van der Waals surface area contributed by atoms with Crippen molar-refractivity contribution in [1.82, 2.24) is 5.16 Å². The highest BCUT2D eigenvalue weighted by molar-refractivity contribution is 7.92. The fourth-order valence-electron chi connectivity index (χ4n) is 3.47. The van der Waals surface area contributed by atoms with E-state index in [0.717, 1.165) is 18.4 Å². The summed E-state index contributed by atoms with van der Waals surface area (Å²) >= 11 is 0. The molecule has 0 radical (unpaired) electrons. The number of hydrogen-bond donors (Lipinski definition) is 2. The zero-order chi connectivity index (χ0) is 23.7. The number of nitrogens with zero attached hydrogens (tertiary/aromatic N) is 1. The third-order valence-corrected chi connectivity index (χ3v) is 6.89. The van der Waals surface area contributed by atoms with Crippen molar-refractivity contribution in [2.24, 2.45) is 5.92 Å². The lowest BCUT2D eigenvalue weighted by molar-refractivity contribution is -0.117. The lowest BCUT2D eigenvalue weighted by atomic mass is 10.2. The summed E-state index contributed by atoms with van der Waals surface area (Å²) < 4.78 is 44.5. The maximum absolute atomic E-state index is 12.8. The number of ether oxygens (including phenoxy) is 2. The first-order chi connectivity index (χ1) is 16.4. The molecule has 2 aliphatic rings. The second-order valence-corrected chi connectivity index (χ2v) is 9.82. The number of carbonyl (C=O) groups is 1. The number of anilines is 2. The average Bonchev–Trinajstić information content (AvgIpc) is 3.63. The van der Waals surface area contributed by atoms with E-state index in [1.807, 2.05) is 0 Å².